The molecule has 0 unspecified atom stereocenters. The average molecular weight is 421 g/mol. The summed E-state index contributed by atoms with van der Waals surface area (Å²) >= 11 is 0. The Morgan fingerprint density at radius 2 is 1.63 bits per heavy atom. The Labute approximate surface area is 185 Å². The van der Waals surface area contributed by atoms with Gasteiger partial charge in [0.2, 0.25) is 0 Å². The van der Waals surface area contributed by atoms with Crippen LogP contribution < -0.4 is 0 Å². The molecule has 0 bridgehead atoms. The van der Waals surface area contributed by atoms with Gasteiger partial charge in [-0.3, -0.25) is 0 Å². The maximum atomic E-state index is 11.6. The second kappa shape index (κ2) is 8.03. The van der Waals surface area contributed by atoms with E-state index in [9.17, 15) is 15.3 Å². The standard InChI is InChI=1S/C27H48O3/c1-17(2)7-6-8-18(3)21-9-10-22-20-15-24(29)27(30)16-19(28)11-14-26(27,5)23(20)12-13-25(21,22)4/h17-24,28-30H,6-16H2,1-5H3/t18-,19-,20-,21+,22-,23-,24-,25+,26+,27-/m0/s1. The van der Waals surface area contributed by atoms with Gasteiger partial charge >= 0.3 is 0 Å². The van der Waals surface area contributed by atoms with Crippen molar-refractivity contribution in [3.8, 4) is 0 Å². The molecule has 0 spiro atoms. The second-order valence-electron chi connectivity index (χ2n) is 12.9. The highest BCUT2D eigenvalue weighted by molar-refractivity contribution is 5.17. The van der Waals surface area contributed by atoms with E-state index in [1.165, 1.54) is 44.9 Å². The van der Waals surface area contributed by atoms with Crippen molar-refractivity contribution >= 4 is 0 Å². The van der Waals surface area contributed by atoms with Crippen LogP contribution >= 0.6 is 0 Å². The molecule has 0 aromatic rings. The molecule has 4 rings (SSSR count). The largest absolute Gasteiger partial charge is 0.393 e. The van der Waals surface area contributed by atoms with Crippen LogP contribution in [0.25, 0.3) is 0 Å². The van der Waals surface area contributed by atoms with E-state index in [-0.39, 0.29) is 5.41 Å². The van der Waals surface area contributed by atoms with Crippen molar-refractivity contribution in [2.45, 2.75) is 123 Å². The summed E-state index contributed by atoms with van der Waals surface area (Å²) in [6.45, 7) is 12.0. The van der Waals surface area contributed by atoms with Gasteiger partial charge in [0.25, 0.3) is 0 Å². The highest BCUT2D eigenvalue weighted by atomic mass is 16.3. The number of aliphatic hydroxyl groups is 3. The molecule has 0 radical (unpaired) electrons. The van der Waals surface area contributed by atoms with Gasteiger partial charge in [-0.15, -0.1) is 0 Å². The Morgan fingerprint density at radius 1 is 0.900 bits per heavy atom. The molecule has 174 valence electrons. The van der Waals surface area contributed by atoms with Crippen LogP contribution in [0.3, 0.4) is 0 Å². The molecule has 4 aliphatic rings. The van der Waals surface area contributed by atoms with Gasteiger partial charge in [-0.25, -0.2) is 0 Å². The monoisotopic (exact) mass is 420 g/mol. The lowest BCUT2D eigenvalue weighted by molar-refractivity contribution is -0.264. The molecule has 0 aromatic carbocycles. The van der Waals surface area contributed by atoms with Crippen molar-refractivity contribution in [3.63, 3.8) is 0 Å². The Kier molecular flexibility index (Phi) is 6.17. The van der Waals surface area contributed by atoms with Gasteiger partial charge < -0.3 is 15.3 Å². The molecule has 0 aliphatic heterocycles. The minimum Gasteiger partial charge on any atom is -0.393 e. The Bertz CT molecular complexity index is 619. The van der Waals surface area contributed by atoms with Crippen molar-refractivity contribution in [1.82, 2.24) is 0 Å². The summed E-state index contributed by atoms with van der Waals surface area (Å²) < 4.78 is 0. The van der Waals surface area contributed by atoms with Gasteiger partial charge in [0.1, 0.15) is 0 Å². The number of aliphatic hydroxyl groups excluding tert-OH is 2. The van der Waals surface area contributed by atoms with Crippen LogP contribution in [0.1, 0.15) is 105 Å². The summed E-state index contributed by atoms with van der Waals surface area (Å²) in [6.07, 6.45) is 10.7. The van der Waals surface area contributed by atoms with E-state index in [1.54, 1.807) is 0 Å². The fourth-order valence-corrected chi connectivity index (χ4v) is 9.29. The molecule has 0 saturated heterocycles. The quantitative estimate of drug-likeness (QED) is 0.546. The molecule has 3 N–H and O–H groups in total. The number of rotatable bonds is 5. The van der Waals surface area contributed by atoms with Gasteiger partial charge in [-0.05, 0) is 85.9 Å². The van der Waals surface area contributed by atoms with Crippen LogP contribution in [-0.4, -0.2) is 33.1 Å². The lowest BCUT2D eigenvalue weighted by atomic mass is 9.42. The summed E-state index contributed by atoms with van der Waals surface area (Å²) in [6, 6.07) is 0. The Morgan fingerprint density at radius 3 is 2.33 bits per heavy atom. The third-order valence-electron chi connectivity index (χ3n) is 11.0. The lowest BCUT2D eigenvalue weighted by Gasteiger charge is -2.65. The summed E-state index contributed by atoms with van der Waals surface area (Å²) in [5.41, 5.74) is -0.962. The average Bonchev–Trinajstić information content (AvgIpc) is 3.01. The van der Waals surface area contributed by atoms with E-state index in [1.807, 2.05) is 0 Å². The van der Waals surface area contributed by atoms with Gasteiger partial charge in [-0.2, -0.15) is 0 Å². The van der Waals surface area contributed by atoms with Crippen LogP contribution in [0.4, 0.5) is 0 Å². The highest BCUT2D eigenvalue weighted by Crippen LogP contribution is 2.69. The molecule has 0 amide bonds. The molecular weight excluding hydrogens is 372 g/mol. The SMILES string of the molecule is CC(C)CCC[C@H](C)[C@H]1CC[C@H]2[C@@H]3C[C@H](O)[C@@]4(O)C[C@@H](O)CC[C@]4(C)[C@H]3CC[C@]12C. The summed E-state index contributed by atoms with van der Waals surface area (Å²) in [4.78, 5) is 0. The van der Waals surface area contributed by atoms with Crippen LogP contribution in [-0.2, 0) is 0 Å². The van der Waals surface area contributed by atoms with Crippen molar-refractivity contribution in [1.29, 1.82) is 0 Å². The molecule has 4 saturated carbocycles. The molecule has 3 nitrogen and oxygen atoms in total. The lowest BCUT2D eigenvalue weighted by Crippen LogP contribution is -2.68. The summed E-state index contributed by atoms with van der Waals surface area (Å²) in [5.74, 6) is 4.13. The fraction of sp³-hybridized carbons (Fsp3) is 1.00. The van der Waals surface area contributed by atoms with Crippen molar-refractivity contribution in [2.75, 3.05) is 0 Å². The predicted molar refractivity (Wildman–Crippen MR) is 122 cm³/mol. The van der Waals surface area contributed by atoms with Crippen LogP contribution in [0, 0.1) is 46.3 Å². The van der Waals surface area contributed by atoms with Gasteiger partial charge in [0.05, 0.1) is 17.8 Å². The summed E-state index contributed by atoms with van der Waals surface area (Å²) in [5, 5.41) is 33.0. The molecule has 0 aromatic heterocycles. The van der Waals surface area contributed by atoms with Crippen LogP contribution in [0.2, 0.25) is 0 Å². The van der Waals surface area contributed by atoms with E-state index >= 15 is 0 Å². The van der Waals surface area contributed by atoms with Crippen molar-refractivity contribution < 1.29 is 15.3 Å². The minimum absolute atomic E-state index is 0.253. The second-order valence-corrected chi connectivity index (χ2v) is 12.9. The zero-order valence-electron chi connectivity index (χ0n) is 20.2. The molecule has 0 heterocycles. The van der Waals surface area contributed by atoms with E-state index in [0.29, 0.717) is 29.6 Å². The number of hydrogen-bond donors (Lipinski definition) is 3. The molecule has 4 aliphatic carbocycles. The third kappa shape index (κ3) is 3.41. The first kappa shape index (κ1) is 23.1. The normalized spacial score (nSPS) is 51.9. The minimum atomic E-state index is -1.11. The Balaban J connectivity index is 1.53. The molecule has 3 heteroatoms. The maximum Gasteiger partial charge on any atom is 0.0985 e. The van der Waals surface area contributed by atoms with Gasteiger partial charge in [0, 0.05) is 11.8 Å². The molecule has 4 fully saturated rings. The zero-order chi connectivity index (χ0) is 21.9. The third-order valence-corrected chi connectivity index (χ3v) is 11.0. The fourth-order valence-electron chi connectivity index (χ4n) is 9.29. The number of fused-ring (bicyclic) bond motifs is 5. The zero-order valence-corrected chi connectivity index (χ0v) is 20.2. The maximum absolute atomic E-state index is 11.6. The van der Waals surface area contributed by atoms with Gasteiger partial charge in [0.15, 0.2) is 0 Å². The van der Waals surface area contributed by atoms with E-state index < -0.39 is 17.8 Å². The van der Waals surface area contributed by atoms with E-state index in [4.69, 9.17) is 0 Å². The molecular formula is C27H48O3. The summed E-state index contributed by atoms with van der Waals surface area (Å²) in [7, 11) is 0. The highest BCUT2D eigenvalue weighted by Gasteiger charge is 2.67. The van der Waals surface area contributed by atoms with Crippen LogP contribution in [0.15, 0.2) is 0 Å². The van der Waals surface area contributed by atoms with Crippen molar-refractivity contribution in [3.05, 3.63) is 0 Å². The Hall–Kier alpha value is -0.120. The van der Waals surface area contributed by atoms with Crippen LogP contribution in [0.5, 0.6) is 0 Å². The topological polar surface area (TPSA) is 60.7 Å². The molecule has 30 heavy (non-hydrogen) atoms. The first-order valence-corrected chi connectivity index (χ1v) is 13.1. The number of hydrogen-bond acceptors (Lipinski definition) is 3. The smallest absolute Gasteiger partial charge is 0.0985 e. The predicted octanol–water partition coefficient (Wildman–Crippen LogP) is 5.55. The van der Waals surface area contributed by atoms with Gasteiger partial charge in [-0.1, -0.05) is 53.9 Å². The van der Waals surface area contributed by atoms with E-state index in [0.717, 1.165) is 37.0 Å². The first-order valence-electron chi connectivity index (χ1n) is 13.1. The molecule has 10 atom stereocenters. The van der Waals surface area contributed by atoms with Crippen molar-refractivity contribution in [2.24, 2.45) is 46.3 Å². The first-order chi connectivity index (χ1) is 14.0. The van der Waals surface area contributed by atoms with E-state index in [2.05, 4.69) is 34.6 Å².